The first kappa shape index (κ1) is 12.8. The average Bonchev–Trinajstić information content (AvgIpc) is 2.94. The molecule has 0 unspecified atom stereocenters. The lowest BCUT2D eigenvalue weighted by Crippen LogP contribution is -2.50. The number of carbonyl (C=O) groups is 1. The van der Waals surface area contributed by atoms with Crippen LogP contribution in [0.4, 0.5) is 0 Å². The number of hydrogen-bond donors (Lipinski definition) is 1. The summed E-state index contributed by atoms with van der Waals surface area (Å²) in [6.07, 6.45) is 9.56. The van der Waals surface area contributed by atoms with Gasteiger partial charge in [-0.05, 0) is 31.1 Å². The van der Waals surface area contributed by atoms with Crippen molar-refractivity contribution in [3.8, 4) is 0 Å². The number of thioether (sulfide) groups is 1. The Bertz CT molecular complexity index is 299. The first-order chi connectivity index (χ1) is 8.79. The molecule has 0 bridgehead atoms. The van der Waals surface area contributed by atoms with Gasteiger partial charge in [-0.15, -0.1) is 11.8 Å². The van der Waals surface area contributed by atoms with E-state index < -0.39 is 0 Å². The average molecular weight is 268 g/mol. The van der Waals surface area contributed by atoms with Crippen LogP contribution in [-0.4, -0.2) is 41.6 Å². The van der Waals surface area contributed by atoms with Crippen molar-refractivity contribution in [2.75, 3.05) is 24.7 Å². The van der Waals surface area contributed by atoms with Crippen LogP contribution in [0.5, 0.6) is 0 Å². The molecule has 2 saturated heterocycles. The molecule has 2 aliphatic heterocycles. The molecule has 1 spiro atoms. The molecule has 1 amide bonds. The first-order valence-corrected chi connectivity index (χ1v) is 8.55. The molecule has 1 aliphatic carbocycles. The van der Waals surface area contributed by atoms with Gasteiger partial charge in [0.05, 0.1) is 6.04 Å². The topological polar surface area (TPSA) is 32.3 Å². The highest BCUT2D eigenvalue weighted by Gasteiger charge is 2.38. The molecule has 18 heavy (non-hydrogen) atoms. The fourth-order valence-electron chi connectivity index (χ4n) is 3.78. The Kier molecular flexibility index (Phi) is 3.85. The van der Waals surface area contributed by atoms with Crippen molar-refractivity contribution in [2.45, 2.75) is 51.0 Å². The van der Waals surface area contributed by atoms with Crippen LogP contribution in [0.15, 0.2) is 0 Å². The molecule has 3 rings (SSSR count). The van der Waals surface area contributed by atoms with Crippen LogP contribution in [0.3, 0.4) is 0 Å². The van der Waals surface area contributed by atoms with Gasteiger partial charge in [0.15, 0.2) is 0 Å². The maximum atomic E-state index is 12.3. The number of hydrogen-bond acceptors (Lipinski definition) is 3. The SMILES string of the molecule is O=C([C@H]1CSCN1)N1CCC2(CCCCC2)CC1. The summed E-state index contributed by atoms with van der Waals surface area (Å²) in [6, 6.07) is 0.0930. The number of piperidine rings is 1. The smallest absolute Gasteiger partial charge is 0.240 e. The Hall–Kier alpha value is -0.220. The van der Waals surface area contributed by atoms with E-state index in [1.165, 1.54) is 44.9 Å². The maximum absolute atomic E-state index is 12.3. The standard InChI is InChI=1S/C14H24N2OS/c17-13(12-10-18-11-15-12)16-8-6-14(7-9-16)4-2-1-3-5-14/h12,15H,1-11H2/t12-/m1/s1. The zero-order valence-electron chi connectivity index (χ0n) is 11.1. The van der Waals surface area contributed by atoms with E-state index in [2.05, 4.69) is 10.2 Å². The van der Waals surface area contributed by atoms with Crippen molar-refractivity contribution < 1.29 is 4.79 Å². The van der Waals surface area contributed by atoms with E-state index in [0.29, 0.717) is 11.3 Å². The number of carbonyl (C=O) groups excluding carboxylic acids is 1. The monoisotopic (exact) mass is 268 g/mol. The molecule has 0 aromatic rings. The minimum absolute atomic E-state index is 0.0930. The largest absolute Gasteiger partial charge is 0.341 e. The van der Waals surface area contributed by atoms with E-state index in [4.69, 9.17) is 0 Å². The van der Waals surface area contributed by atoms with Crippen LogP contribution in [0.1, 0.15) is 44.9 Å². The molecule has 102 valence electrons. The van der Waals surface area contributed by atoms with Gasteiger partial charge in [0.1, 0.15) is 0 Å². The van der Waals surface area contributed by atoms with Crippen molar-refractivity contribution in [3.63, 3.8) is 0 Å². The minimum atomic E-state index is 0.0930. The highest BCUT2D eigenvalue weighted by atomic mass is 32.2. The van der Waals surface area contributed by atoms with Crippen molar-refractivity contribution in [2.24, 2.45) is 5.41 Å². The molecule has 1 atom stereocenters. The second kappa shape index (κ2) is 5.41. The van der Waals surface area contributed by atoms with Crippen LogP contribution >= 0.6 is 11.8 Å². The molecular weight excluding hydrogens is 244 g/mol. The number of likely N-dealkylation sites (tertiary alicyclic amines) is 1. The van der Waals surface area contributed by atoms with Gasteiger partial charge in [-0.1, -0.05) is 19.3 Å². The normalized spacial score (nSPS) is 31.8. The van der Waals surface area contributed by atoms with Gasteiger partial charge in [0.25, 0.3) is 0 Å². The van der Waals surface area contributed by atoms with E-state index in [9.17, 15) is 4.79 Å². The maximum Gasteiger partial charge on any atom is 0.240 e. The Morgan fingerprint density at radius 3 is 2.44 bits per heavy atom. The molecule has 1 saturated carbocycles. The molecule has 3 aliphatic rings. The Balaban J connectivity index is 1.54. The molecule has 3 fully saturated rings. The van der Waals surface area contributed by atoms with Crippen LogP contribution in [-0.2, 0) is 4.79 Å². The van der Waals surface area contributed by atoms with Gasteiger partial charge >= 0.3 is 0 Å². The summed E-state index contributed by atoms with van der Waals surface area (Å²) >= 11 is 1.84. The third kappa shape index (κ3) is 2.55. The van der Waals surface area contributed by atoms with Crippen molar-refractivity contribution >= 4 is 17.7 Å². The third-order valence-electron chi connectivity index (χ3n) is 5.06. The summed E-state index contributed by atoms with van der Waals surface area (Å²) in [5, 5.41) is 3.30. The van der Waals surface area contributed by atoms with Crippen LogP contribution in [0.25, 0.3) is 0 Å². The first-order valence-electron chi connectivity index (χ1n) is 7.39. The molecule has 4 heteroatoms. The zero-order valence-corrected chi connectivity index (χ0v) is 11.9. The fourth-order valence-corrected chi connectivity index (χ4v) is 4.71. The van der Waals surface area contributed by atoms with E-state index >= 15 is 0 Å². The Labute approximate surface area is 114 Å². The Morgan fingerprint density at radius 1 is 1.11 bits per heavy atom. The van der Waals surface area contributed by atoms with Gasteiger partial charge < -0.3 is 4.90 Å². The Morgan fingerprint density at radius 2 is 1.83 bits per heavy atom. The minimum Gasteiger partial charge on any atom is -0.341 e. The highest BCUT2D eigenvalue weighted by molar-refractivity contribution is 7.99. The summed E-state index contributed by atoms with van der Waals surface area (Å²) in [5.74, 6) is 2.25. The molecule has 2 heterocycles. The summed E-state index contributed by atoms with van der Waals surface area (Å²) in [6.45, 7) is 2.00. The van der Waals surface area contributed by atoms with E-state index in [1.807, 2.05) is 11.8 Å². The molecule has 0 aromatic heterocycles. The van der Waals surface area contributed by atoms with Gasteiger partial charge in [-0.2, -0.15) is 0 Å². The fraction of sp³-hybridized carbons (Fsp3) is 0.929. The number of rotatable bonds is 1. The van der Waals surface area contributed by atoms with Gasteiger partial charge in [0.2, 0.25) is 5.91 Å². The van der Waals surface area contributed by atoms with Gasteiger partial charge in [-0.3, -0.25) is 10.1 Å². The lowest BCUT2D eigenvalue weighted by atomic mass is 9.68. The number of amides is 1. The van der Waals surface area contributed by atoms with Gasteiger partial charge in [0, 0.05) is 24.7 Å². The van der Waals surface area contributed by atoms with Crippen molar-refractivity contribution in [3.05, 3.63) is 0 Å². The van der Waals surface area contributed by atoms with Crippen molar-refractivity contribution in [1.29, 1.82) is 0 Å². The second-order valence-electron chi connectivity index (χ2n) is 6.16. The van der Waals surface area contributed by atoms with Crippen LogP contribution in [0.2, 0.25) is 0 Å². The summed E-state index contributed by atoms with van der Waals surface area (Å²) in [7, 11) is 0. The molecule has 0 aromatic carbocycles. The summed E-state index contributed by atoms with van der Waals surface area (Å²) in [5.41, 5.74) is 0.604. The lowest BCUT2D eigenvalue weighted by Gasteiger charge is -2.44. The van der Waals surface area contributed by atoms with E-state index in [-0.39, 0.29) is 6.04 Å². The predicted molar refractivity (Wildman–Crippen MR) is 75.6 cm³/mol. The zero-order chi connectivity index (χ0) is 12.4. The summed E-state index contributed by atoms with van der Waals surface area (Å²) in [4.78, 5) is 14.4. The molecule has 1 N–H and O–H groups in total. The predicted octanol–water partition coefficient (Wildman–Crippen LogP) is 2.22. The van der Waals surface area contributed by atoms with Crippen LogP contribution in [0, 0.1) is 5.41 Å². The van der Waals surface area contributed by atoms with Crippen LogP contribution < -0.4 is 5.32 Å². The quantitative estimate of drug-likeness (QED) is 0.791. The number of nitrogens with one attached hydrogen (secondary N) is 1. The highest BCUT2D eigenvalue weighted by Crippen LogP contribution is 2.44. The lowest BCUT2D eigenvalue weighted by molar-refractivity contribution is -0.135. The molecule has 3 nitrogen and oxygen atoms in total. The number of nitrogens with zero attached hydrogens (tertiary/aromatic N) is 1. The third-order valence-corrected chi connectivity index (χ3v) is 6.00. The van der Waals surface area contributed by atoms with Crippen molar-refractivity contribution in [1.82, 2.24) is 10.2 Å². The molecular formula is C14H24N2OS. The molecule has 0 radical (unpaired) electrons. The van der Waals surface area contributed by atoms with E-state index in [0.717, 1.165) is 24.7 Å². The summed E-state index contributed by atoms with van der Waals surface area (Å²) < 4.78 is 0. The second-order valence-corrected chi connectivity index (χ2v) is 7.19. The van der Waals surface area contributed by atoms with E-state index in [1.54, 1.807) is 0 Å². The van der Waals surface area contributed by atoms with Gasteiger partial charge in [-0.25, -0.2) is 0 Å².